The highest BCUT2D eigenvalue weighted by atomic mass is 32.2. The Balaban J connectivity index is 2.25. The summed E-state index contributed by atoms with van der Waals surface area (Å²) in [5, 5.41) is 13.1. The van der Waals surface area contributed by atoms with E-state index in [1.54, 1.807) is 6.92 Å². The number of carbonyl (C=O) groups is 1. The molecule has 0 aromatic carbocycles. The van der Waals surface area contributed by atoms with E-state index in [4.69, 9.17) is 5.11 Å². The number of hydrogen-bond acceptors (Lipinski definition) is 5. The van der Waals surface area contributed by atoms with Gasteiger partial charge in [0.1, 0.15) is 5.82 Å². The first kappa shape index (κ1) is 8.71. The Kier molecular flexibility index (Phi) is 2.09. The van der Waals surface area contributed by atoms with Crippen molar-refractivity contribution in [1.82, 2.24) is 14.8 Å². The molecule has 2 rings (SSSR count). The lowest BCUT2D eigenvalue weighted by Crippen LogP contribution is -2.19. The maximum Gasteiger partial charge on any atom is 0.263 e. The van der Waals surface area contributed by atoms with Gasteiger partial charge in [-0.2, -0.15) is 4.68 Å². The van der Waals surface area contributed by atoms with Crippen molar-refractivity contribution in [2.45, 2.75) is 23.8 Å². The number of rotatable bonds is 2. The number of aliphatic hydroxyl groups is 1. The lowest BCUT2D eigenvalue weighted by molar-refractivity contribution is 0.0882. The molecule has 0 fully saturated rings. The van der Waals surface area contributed by atoms with E-state index in [1.807, 2.05) is 0 Å². The summed E-state index contributed by atoms with van der Waals surface area (Å²) >= 11 is 1.37. The molecule has 0 saturated heterocycles. The van der Waals surface area contributed by atoms with Crippen LogP contribution in [0.3, 0.4) is 0 Å². The van der Waals surface area contributed by atoms with Crippen molar-refractivity contribution in [2.75, 3.05) is 6.61 Å². The molecule has 1 aromatic heterocycles. The molecule has 0 amide bonds. The van der Waals surface area contributed by atoms with E-state index in [1.165, 1.54) is 16.4 Å². The monoisotopic (exact) mass is 199 g/mol. The van der Waals surface area contributed by atoms with Gasteiger partial charge in [-0.3, -0.25) is 4.79 Å². The fourth-order valence-electron chi connectivity index (χ4n) is 1.23. The SMILES string of the molecule is Cc1nc2n(n1)C(=O)C(CCO)S2. The number of thioether (sulfide) groups is 1. The second kappa shape index (κ2) is 3.12. The van der Waals surface area contributed by atoms with Crippen LogP contribution in [0.5, 0.6) is 0 Å². The highest BCUT2D eigenvalue weighted by Crippen LogP contribution is 2.31. The molecule has 1 unspecified atom stereocenters. The highest BCUT2D eigenvalue weighted by molar-refractivity contribution is 8.00. The summed E-state index contributed by atoms with van der Waals surface area (Å²) in [6.07, 6.45) is 0.466. The number of aryl methyl sites for hydroxylation is 1. The Hall–Kier alpha value is -0.880. The van der Waals surface area contributed by atoms with Gasteiger partial charge in [0, 0.05) is 6.61 Å². The summed E-state index contributed by atoms with van der Waals surface area (Å²) in [6, 6.07) is 0. The Bertz CT molecular complexity index is 350. The zero-order chi connectivity index (χ0) is 9.42. The molecule has 1 aliphatic rings. The molecule has 0 radical (unpaired) electrons. The predicted molar refractivity (Wildman–Crippen MR) is 46.7 cm³/mol. The van der Waals surface area contributed by atoms with Gasteiger partial charge in [-0.1, -0.05) is 11.8 Å². The molecule has 0 spiro atoms. The molecule has 1 N–H and O–H groups in total. The largest absolute Gasteiger partial charge is 0.396 e. The molecule has 1 aliphatic heterocycles. The highest BCUT2D eigenvalue weighted by Gasteiger charge is 2.33. The normalized spacial score (nSPS) is 20.8. The summed E-state index contributed by atoms with van der Waals surface area (Å²) in [5.41, 5.74) is 0. The van der Waals surface area contributed by atoms with Crippen molar-refractivity contribution in [3.05, 3.63) is 5.82 Å². The molecule has 13 heavy (non-hydrogen) atoms. The van der Waals surface area contributed by atoms with E-state index in [9.17, 15) is 4.79 Å². The summed E-state index contributed by atoms with van der Waals surface area (Å²) in [7, 11) is 0. The Morgan fingerprint density at radius 3 is 3.08 bits per heavy atom. The van der Waals surface area contributed by atoms with Crippen LogP contribution in [0.25, 0.3) is 0 Å². The number of fused-ring (bicyclic) bond motifs is 1. The first-order valence-electron chi connectivity index (χ1n) is 3.98. The van der Waals surface area contributed by atoms with Gasteiger partial charge in [-0.05, 0) is 13.3 Å². The minimum atomic E-state index is -0.208. The van der Waals surface area contributed by atoms with Crippen LogP contribution in [0.4, 0.5) is 0 Å². The maximum atomic E-state index is 11.5. The van der Waals surface area contributed by atoms with Gasteiger partial charge < -0.3 is 5.11 Å². The van der Waals surface area contributed by atoms with Crippen LogP contribution in [0.15, 0.2) is 5.16 Å². The Labute approximate surface area is 79.2 Å². The summed E-state index contributed by atoms with van der Waals surface area (Å²) < 4.78 is 1.32. The quantitative estimate of drug-likeness (QED) is 0.730. The molecule has 2 heterocycles. The third-order valence-electron chi connectivity index (χ3n) is 1.81. The number of aromatic nitrogens is 3. The van der Waals surface area contributed by atoms with Crippen molar-refractivity contribution < 1.29 is 9.90 Å². The van der Waals surface area contributed by atoms with E-state index in [2.05, 4.69) is 10.1 Å². The van der Waals surface area contributed by atoms with E-state index in [-0.39, 0.29) is 17.8 Å². The molecule has 70 valence electrons. The fourth-order valence-corrected chi connectivity index (χ4v) is 2.32. The molecule has 1 atom stereocenters. The predicted octanol–water partition coefficient (Wildman–Crippen LogP) is 0.0834. The molecule has 0 saturated carbocycles. The smallest absolute Gasteiger partial charge is 0.263 e. The zero-order valence-corrected chi connectivity index (χ0v) is 7.91. The van der Waals surface area contributed by atoms with Crippen LogP contribution >= 0.6 is 11.8 Å². The Morgan fingerprint density at radius 2 is 2.46 bits per heavy atom. The van der Waals surface area contributed by atoms with Gasteiger partial charge in [0.25, 0.3) is 5.91 Å². The van der Waals surface area contributed by atoms with Gasteiger partial charge in [0.15, 0.2) is 5.16 Å². The van der Waals surface area contributed by atoms with Crippen LogP contribution in [0.2, 0.25) is 0 Å². The van der Waals surface area contributed by atoms with E-state index >= 15 is 0 Å². The average molecular weight is 199 g/mol. The van der Waals surface area contributed by atoms with E-state index in [0.29, 0.717) is 17.4 Å². The van der Waals surface area contributed by atoms with Crippen LogP contribution in [0.1, 0.15) is 17.0 Å². The lowest BCUT2D eigenvalue weighted by atomic mass is 10.3. The first-order chi connectivity index (χ1) is 6.22. The van der Waals surface area contributed by atoms with Gasteiger partial charge in [-0.15, -0.1) is 5.10 Å². The van der Waals surface area contributed by atoms with Crippen LogP contribution < -0.4 is 0 Å². The first-order valence-corrected chi connectivity index (χ1v) is 4.85. The summed E-state index contributed by atoms with van der Waals surface area (Å²) in [6.45, 7) is 1.77. The maximum absolute atomic E-state index is 11.5. The third kappa shape index (κ3) is 1.36. The zero-order valence-electron chi connectivity index (χ0n) is 7.10. The molecule has 0 bridgehead atoms. The molecule has 6 heteroatoms. The molecular weight excluding hydrogens is 190 g/mol. The lowest BCUT2D eigenvalue weighted by Gasteiger charge is -2.01. The van der Waals surface area contributed by atoms with Crippen LogP contribution in [-0.4, -0.2) is 37.6 Å². The molecular formula is C7H9N3O2S. The topological polar surface area (TPSA) is 68.0 Å². The van der Waals surface area contributed by atoms with E-state index in [0.717, 1.165) is 0 Å². The second-order valence-corrected chi connectivity index (χ2v) is 3.98. The van der Waals surface area contributed by atoms with Crippen molar-refractivity contribution in [3.8, 4) is 0 Å². The van der Waals surface area contributed by atoms with Crippen molar-refractivity contribution >= 4 is 17.7 Å². The minimum absolute atomic E-state index is 0.0211. The standard InChI is InChI=1S/C7H9N3O2S/c1-4-8-7-10(9-4)6(12)5(13-7)2-3-11/h5,11H,2-3H2,1H3. The van der Waals surface area contributed by atoms with Crippen molar-refractivity contribution in [1.29, 1.82) is 0 Å². The van der Waals surface area contributed by atoms with Gasteiger partial charge in [-0.25, -0.2) is 4.98 Å². The summed E-state index contributed by atoms with van der Waals surface area (Å²) in [4.78, 5) is 15.6. The van der Waals surface area contributed by atoms with Crippen LogP contribution in [0, 0.1) is 6.92 Å². The third-order valence-corrected chi connectivity index (χ3v) is 3.00. The summed E-state index contributed by atoms with van der Waals surface area (Å²) in [5.74, 6) is 0.535. The van der Waals surface area contributed by atoms with Gasteiger partial charge >= 0.3 is 0 Å². The minimum Gasteiger partial charge on any atom is -0.396 e. The molecule has 1 aromatic rings. The Morgan fingerprint density at radius 1 is 1.69 bits per heavy atom. The molecule has 5 nitrogen and oxygen atoms in total. The number of nitrogens with zero attached hydrogens (tertiary/aromatic N) is 3. The van der Waals surface area contributed by atoms with Crippen molar-refractivity contribution in [2.24, 2.45) is 0 Å². The number of hydrogen-bond donors (Lipinski definition) is 1. The fraction of sp³-hybridized carbons (Fsp3) is 0.571. The van der Waals surface area contributed by atoms with Crippen molar-refractivity contribution in [3.63, 3.8) is 0 Å². The molecule has 0 aliphatic carbocycles. The van der Waals surface area contributed by atoms with E-state index < -0.39 is 0 Å². The second-order valence-electron chi connectivity index (χ2n) is 2.81. The van der Waals surface area contributed by atoms with Gasteiger partial charge in [0.05, 0.1) is 5.25 Å². The number of carbonyl (C=O) groups excluding carboxylic acids is 1. The van der Waals surface area contributed by atoms with Gasteiger partial charge in [0.2, 0.25) is 0 Å². The number of aliphatic hydroxyl groups excluding tert-OH is 1. The van der Waals surface area contributed by atoms with Crippen LogP contribution in [-0.2, 0) is 0 Å². The average Bonchev–Trinajstić information content (AvgIpc) is 2.54.